The van der Waals surface area contributed by atoms with Gasteiger partial charge in [-0.25, -0.2) is 5.48 Å². The highest BCUT2D eigenvalue weighted by Crippen LogP contribution is 2.19. The van der Waals surface area contributed by atoms with Crippen molar-refractivity contribution >= 4 is 23.2 Å². The summed E-state index contributed by atoms with van der Waals surface area (Å²) in [4.78, 5) is 29.0. The standard InChI is InChI=1S/C13H18N2O3S/c16-12(15-18-10-4-1-2-5-10)7-8-14-13(17)11-6-3-9-19-11/h3,6,9-10H,1-2,4-5,7-8H2,(H,14,17)(H,15,16). The molecule has 104 valence electrons. The number of carbonyl (C=O) groups excluding carboxylic acids is 2. The molecule has 6 heteroatoms. The summed E-state index contributed by atoms with van der Waals surface area (Å²) in [5, 5.41) is 4.54. The van der Waals surface area contributed by atoms with Crippen LogP contribution in [-0.4, -0.2) is 24.5 Å². The topological polar surface area (TPSA) is 67.4 Å². The molecule has 1 aliphatic carbocycles. The second kappa shape index (κ2) is 7.25. The molecule has 1 heterocycles. The van der Waals surface area contributed by atoms with E-state index in [1.54, 1.807) is 6.07 Å². The molecule has 5 nitrogen and oxygen atoms in total. The van der Waals surface area contributed by atoms with Gasteiger partial charge >= 0.3 is 0 Å². The first-order valence-corrected chi connectivity index (χ1v) is 7.40. The lowest BCUT2D eigenvalue weighted by Crippen LogP contribution is -2.32. The summed E-state index contributed by atoms with van der Waals surface area (Å²) >= 11 is 1.38. The van der Waals surface area contributed by atoms with Gasteiger partial charge in [0.2, 0.25) is 5.91 Å². The average Bonchev–Trinajstić information content (AvgIpc) is 3.09. The van der Waals surface area contributed by atoms with Crippen molar-refractivity contribution < 1.29 is 14.4 Å². The maximum absolute atomic E-state index is 11.6. The second-order valence-corrected chi connectivity index (χ2v) is 5.48. The molecule has 19 heavy (non-hydrogen) atoms. The van der Waals surface area contributed by atoms with E-state index in [0.29, 0.717) is 11.4 Å². The predicted molar refractivity (Wildman–Crippen MR) is 72.8 cm³/mol. The summed E-state index contributed by atoms with van der Waals surface area (Å²) in [6, 6.07) is 3.57. The Kier molecular flexibility index (Phi) is 5.35. The van der Waals surface area contributed by atoms with Crippen molar-refractivity contribution in [1.29, 1.82) is 0 Å². The van der Waals surface area contributed by atoms with Gasteiger partial charge in [0.25, 0.3) is 5.91 Å². The summed E-state index contributed by atoms with van der Waals surface area (Å²) in [5.41, 5.74) is 2.45. The molecule has 1 saturated carbocycles. The fourth-order valence-corrected chi connectivity index (χ4v) is 2.63. The van der Waals surface area contributed by atoms with E-state index in [4.69, 9.17) is 4.84 Å². The van der Waals surface area contributed by atoms with E-state index < -0.39 is 0 Å². The lowest BCUT2D eigenvalue weighted by Gasteiger charge is -2.11. The van der Waals surface area contributed by atoms with Crippen LogP contribution in [0.4, 0.5) is 0 Å². The molecular weight excluding hydrogens is 264 g/mol. The van der Waals surface area contributed by atoms with Crippen molar-refractivity contribution in [2.24, 2.45) is 0 Å². The van der Waals surface area contributed by atoms with Crippen LogP contribution in [0.25, 0.3) is 0 Å². The van der Waals surface area contributed by atoms with Crippen LogP contribution in [-0.2, 0) is 9.63 Å². The monoisotopic (exact) mass is 282 g/mol. The van der Waals surface area contributed by atoms with Crippen LogP contribution in [0.2, 0.25) is 0 Å². The molecule has 0 radical (unpaired) electrons. The number of nitrogens with one attached hydrogen (secondary N) is 2. The molecular formula is C13H18N2O3S. The molecule has 2 N–H and O–H groups in total. The van der Waals surface area contributed by atoms with E-state index in [9.17, 15) is 9.59 Å². The van der Waals surface area contributed by atoms with Crippen molar-refractivity contribution in [2.75, 3.05) is 6.54 Å². The first-order valence-electron chi connectivity index (χ1n) is 6.52. The van der Waals surface area contributed by atoms with E-state index in [1.807, 2.05) is 11.4 Å². The minimum atomic E-state index is -0.196. The Labute approximate surface area is 116 Å². The Balaban J connectivity index is 1.57. The van der Waals surface area contributed by atoms with Crippen LogP contribution in [0.15, 0.2) is 17.5 Å². The lowest BCUT2D eigenvalue weighted by atomic mass is 10.3. The fraction of sp³-hybridized carbons (Fsp3) is 0.538. The van der Waals surface area contributed by atoms with Gasteiger partial charge in [-0.15, -0.1) is 11.3 Å². The number of thiophene rings is 1. The molecule has 0 unspecified atom stereocenters. The van der Waals surface area contributed by atoms with E-state index in [2.05, 4.69) is 10.8 Å². The highest BCUT2D eigenvalue weighted by Gasteiger charge is 2.16. The molecule has 1 aromatic rings. The number of carbonyl (C=O) groups is 2. The molecule has 1 fully saturated rings. The molecule has 0 aromatic carbocycles. The Morgan fingerprint density at radius 2 is 2.16 bits per heavy atom. The molecule has 0 aliphatic heterocycles. The predicted octanol–water partition coefficient (Wildman–Crippen LogP) is 1.86. The van der Waals surface area contributed by atoms with E-state index >= 15 is 0 Å². The molecule has 0 saturated heterocycles. The van der Waals surface area contributed by atoms with Crippen molar-refractivity contribution in [3.05, 3.63) is 22.4 Å². The van der Waals surface area contributed by atoms with Gasteiger partial charge in [-0.3, -0.25) is 14.4 Å². The van der Waals surface area contributed by atoms with Crippen molar-refractivity contribution in [1.82, 2.24) is 10.8 Å². The Bertz CT molecular complexity index is 414. The smallest absolute Gasteiger partial charge is 0.261 e. The van der Waals surface area contributed by atoms with Gasteiger partial charge < -0.3 is 5.32 Å². The highest BCUT2D eigenvalue weighted by atomic mass is 32.1. The zero-order valence-electron chi connectivity index (χ0n) is 10.7. The number of hydrogen-bond donors (Lipinski definition) is 2. The van der Waals surface area contributed by atoms with Crippen LogP contribution in [0.1, 0.15) is 41.8 Å². The number of amides is 2. The molecule has 1 aromatic heterocycles. The van der Waals surface area contributed by atoms with Crippen LogP contribution >= 0.6 is 11.3 Å². The van der Waals surface area contributed by atoms with E-state index in [-0.39, 0.29) is 24.3 Å². The number of rotatable bonds is 6. The second-order valence-electron chi connectivity index (χ2n) is 4.53. The maximum atomic E-state index is 11.6. The molecule has 0 atom stereocenters. The Hall–Kier alpha value is -1.40. The van der Waals surface area contributed by atoms with Gasteiger partial charge in [0, 0.05) is 13.0 Å². The normalized spacial score (nSPS) is 15.4. The number of hydrogen-bond acceptors (Lipinski definition) is 4. The van der Waals surface area contributed by atoms with Crippen molar-refractivity contribution in [2.45, 2.75) is 38.2 Å². The molecule has 1 aliphatic rings. The first kappa shape index (κ1) is 14.0. The fourth-order valence-electron chi connectivity index (χ4n) is 1.99. The van der Waals surface area contributed by atoms with Crippen LogP contribution < -0.4 is 10.8 Å². The van der Waals surface area contributed by atoms with E-state index in [1.165, 1.54) is 11.3 Å². The highest BCUT2D eigenvalue weighted by molar-refractivity contribution is 7.12. The zero-order valence-corrected chi connectivity index (χ0v) is 11.5. The first-order chi connectivity index (χ1) is 9.25. The van der Waals surface area contributed by atoms with Crippen molar-refractivity contribution in [3.8, 4) is 0 Å². The van der Waals surface area contributed by atoms with Crippen LogP contribution in [0, 0.1) is 0 Å². The zero-order chi connectivity index (χ0) is 13.5. The Morgan fingerprint density at radius 3 is 2.84 bits per heavy atom. The Morgan fingerprint density at radius 1 is 1.37 bits per heavy atom. The van der Waals surface area contributed by atoms with Gasteiger partial charge in [0.1, 0.15) is 0 Å². The number of hydroxylamine groups is 1. The van der Waals surface area contributed by atoms with Crippen LogP contribution in [0.3, 0.4) is 0 Å². The summed E-state index contributed by atoms with van der Waals surface area (Å²) in [6.07, 6.45) is 4.73. The molecule has 2 amide bonds. The molecule has 2 rings (SSSR count). The van der Waals surface area contributed by atoms with Crippen molar-refractivity contribution in [3.63, 3.8) is 0 Å². The third-order valence-corrected chi connectivity index (χ3v) is 3.89. The van der Waals surface area contributed by atoms with Gasteiger partial charge in [0.05, 0.1) is 11.0 Å². The largest absolute Gasteiger partial charge is 0.351 e. The SMILES string of the molecule is O=C(CCNC(=O)c1cccs1)NOC1CCCC1. The minimum absolute atomic E-state index is 0.139. The minimum Gasteiger partial charge on any atom is -0.351 e. The summed E-state index contributed by atoms with van der Waals surface area (Å²) in [7, 11) is 0. The van der Waals surface area contributed by atoms with Gasteiger partial charge in [0.15, 0.2) is 0 Å². The lowest BCUT2D eigenvalue weighted by molar-refractivity contribution is -0.138. The quantitative estimate of drug-likeness (QED) is 0.783. The molecule has 0 bridgehead atoms. The third kappa shape index (κ3) is 4.65. The average molecular weight is 282 g/mol. The summed E-state index contributed by atoms with van der Waals surface area (Å²) < 4.78 is 0. The maximum Gasteiger partial charge on any atom is 0.261 e. The molecule has 0 spiro atoms. The van der Waals surface area contributed by atoms with Crippen LogP contribution in [0.5, 0.6) is 0 Å². The summed E-state index contributed by atoms with van der Waals surface area (Å²) in [6.45, 7) is 0.316. The third-order valence-electron chi connectivity index (χ3n) is 3.02. The van der Waals surface area contributed by atoms with Gasteiger partial charge in [-0.1, -0.05) is 18.9 Å². The van der Waals surface area contributed by atoms with Gasteiger partial charge in [-0.2, -0.15) is 0 Å². The summed E-state index contributed by atoms with van der Waals surface area (Å²) in [5.74, 6) is -0.335. The van der Waals surface area contributed by atoms with E-state index in [0.717, 1.165) is 25.7 Å². The van der Waals surface area contributed by atoms with Gasteiger partial charge in [-0.05, 0) is 24.3 Å².